The highest BCUT2D eigenvalue weighted by molar-refractivity contribution is 5.87. The zero-order valence-corrected chi connectivity index (χ0v) is 34.3. The molecule has 16 heteroatoms. The molecule has 4 N–H and O–H groups in total. The third-order valence-corrected chi connectivity index (χ3v) is 11.8. The standard InChI is InChI=1S/C43H52N10O6/c1-7-25(4)36(50-42(56)59-6)40(54)52-18-8-10-34(52)38-46-23-33(49-38)28-16-17-29-30(20-28)44-21-31(47-29)26-12-14-27(15-13-26)32-22-45-39(48-32)35-11-9-19-53(35)41(55)37(24(2)3)51(5)43(57)58/h12-17,20-25,34-37H,7-11,18-19H2,1-6H3,(H,45,48)(H,46,49)(H,50,56)(H,57,58)/t25-,34-,35-,36-,37-/m0/s1. The van der Waals surface area contributed by atoms with Gasteiger partial charge in [0.1, 0.15) is 23.7 Å². The minimum Gasteiger partial charge on any atom is -0.465 e. The van der Waals surface area contributed by atoms with Crippen molar-refractivity contribution in [3.8, 4) is 33.8 Å². The third-order valence-electron chi connectivity index (χ3n) is 11.8. The number of fused-ring (bicyclic) bond motifs is 1. The number of aromatic amines is 2. The van der Waals surface area contributed by atoms with Gasteiger partial charge in [0, 0.05) is 31.3 Å². The molecule has 2 aliphatic rings. The second kappa shape index (κ2) is 17.3. The Balaban J connectivity index is 1.03. The van der Waals surface area contributed by atoms with Gasteiger partial charge in [-0.15, -0.1) is 0 Å². The predicted molar refractivity (Wildman–Crippen MR) is 221 cm³/mol. The number of carbonyl (C=O) groups is 4. The number of aromatic nitrogens is 6. The minimum atomic E-state index is -1.13. The Bertz CT molecular complexity index is 2320. The molecule has 2 fully saturated rings. The lowest BCUT2D eigenvalue weighted by Gasteiger charge is -2.33. The van der Waals surface area contributed by atoms with E-state index >= 15 is 0 Å². The predicted octanol–water partition coefficient (Wildman–Crippen LogP) is 6.81. The molecule has 7 rings (SSSR count). The Kier molecular flexibility index (Phi) is 12.0. The third kappa shape index (κ3) is 8.34. The first-order valence-corrected chi connectivity index (χ1v) is 20.3. The van der Waals surface area contributed by atoms with Crippen molar-refractivity contribution in [1.82, 2.24) is 49.9 Å². The summed E-state index contributed by atoms with van der Waals surface area (Å²) in [6.07, 6.45) is 7.40. The summed E-state index contributed by atoms with van der Waals surface area (Å²) < 4.78 is 4.80. The maximum atomic E-state index is 13.7. The van der Waals surface area contributed by atoms with Gasteiger partial charge in [-0.3, -0.25) is 19.5 Å². The smallest absolute Gasteiger partial charge is 0.407 e. The number of likely N-dealkylation sites (tertiary alicyclic amines) is 2. The molecule has 0 aliphatic carbocycles. The second-order valence-electron chi connectivity index (χ2n) is 15.9. The van der Waals surface area contributed by atoms with Crippen LogP contribution in [0.15, 0.2) is 61.1 Å². The summed E-state index contributed by atoms with van der Waals surface area (Å²) in [6, 6.07) is 11.9. The van der Waals surface area contributed by atoms with Gasteiger partial charge in [-0.2, -0.15) is 0 Å². The van der Waals surface area contributed by atoms with E-state index in [1.54, 1.807) is 23.5 Å². The lowest BCUT2D eigenvalue weighted by atomic mass is 9.97. The number of hydrogen-bond donors (Lipinski definition) is 4. The van der Waals surface area contributed by atoms with Gasteiger partial charge >= 0.3 is 12.2 Å². The Labute approximate surface area is 342 Å². The summed E-state index contributed by atoms with van der Waals surface area (Å²) in [7, 11) is 2.74. The molecule has 3 aromatic heterocycles. The zero-order valence-electron chi connectivity index (χ0n) is 34.3. The van der Waals surface area contributed by atoms with Crippen LogP contribution < -0.4 is 5.32 Å². The van der Waals surface area contributed by atoms with Crippen LogP contribution in [0, 0.1) is 11.8 Å². The van der Waals surface area contributed by atoms with Gasteiger partial charge in [0.05, 0.1) is 65.9 Å². The molecule has 2 saturated heterocycles. The largest absolute Gasteiger partial charge is 0.465 e. The Hall–Kier alpha value is -6.32. The number of H-pyrrole nitrogens is 2. The van der Waals surface area contributed by atoms with Crippen molar-refractivity contribution < 1.29 is 29.0 Å². The average Bonchev–Trinajstić information content (AvgIpc) is 4.09. The molecule has 0 unspecified atom stereocenters. The monoisotopic (exact) mass is 804 g/mol. The fourth-order valence-electron chi connectivity index (χ4n) is 8.31. The molecule has 2 aromatic carbocycles. The SMILES string of the molecule is CC[C@H](C)[C@H](NC(=O)OC)C(=O)N1CCC[C@H]1c1ncc(-c2ccc3nc(-c4ccc(-c5cnc([C@@H]6CCCN6C(=O)[C@H](C(C)C)N(C)C(=O)O)[nH]5)cc4)cnc3c2)[nH]1. The van der Waals surface area contributed by atoms with E-state index in [1.165, 1.54) is 14.2 Å². The number of methoxy groups -OCH3 is 1. The van der Waals surface area contributed by atoms with Crippen LogP contribution in [0.5, 0.6) is 0 Å². The maximum Gasteiger partial charge on any atom is 0.407 e. The van der Waals surface area contributed by atoms with Crippen LogP contribution in [-0.2, 0) is 14.3 Å². The highest BCUT2D eigenvalue weighted by Crippen LogP contribution is 2.35. The number of nitrogens with zero attached hydrogens (tertiary/aromatic N) is 7. The number of alkyl carbamates (subject to hydrolysis) is 1. The number of imidazole rings is 2. The van der Waals surface area contributed by atoms with E-state index in [0.717, 1.165) is 81.8 Å². The summed E-state index contributed by atoms with van der Waals surface area (Å²) in [5.74, 6) is 0.774. The number of amides is 4. The van der Waals surface area contributed by atoms with Crippen LogP contribution in [0.25, 0.3) is 44.8 Å². The summed E-state index contributed by atoms with van der Waals surface area (Å²) in [6.45, 7) is 8.77. The van der Waals surface area contributed by atoms with Crippen LogP contribution in [0.4, 0.5) is 9.59 Å². The molecular weight excluding hydrogens is 753 g/mol. The van der Waals surface area contributed by atoms with E-state index in [1.807, 2.05) is 75.1 Å². The van der Waals surface area contributed by atoms with Gasteiger partial charge in [0.2, 0.25) is 11.8 Å². The molecule has 16 nitrogen and oxygen atoms in total. The fourth-order valence-corrected chi connectivity index (χ4v) is 8.31. The number of ether oxygens (including phenoxy) is 1. The second-order valence-corrected chi connectivity index (χ2v) is 15.9. The first-order valence-electron chi connectivity index (χ1n) is 20.3. The van der Waals surface area contributed by atoms with Crippen LogP contribution in [0.1, 0.15) is 83.5 Å². The topological polar surface area (TPSA) is 203 Å². The lowest BCUT2D eigenvalue weighted by molar-refractivity contribution is -0.138. The molecule has 310 valence electrons. The molecule has 4 amide bonds. The number of likely N-dealkylation sites (N-methyl/N-ethyl adjacent to an activating group) is 1. The molecule has 0 radical (unpaired) electrons. The van der Waals surface area contributed by atoms with Crippen molar-refractivity contribution in [1.29, 1.82) is 0 Å². The Morgan fingerprint density at radius 1 is 0.831 bits per heavy atom. The lowest BCUT2D eigenvalue weighted by Crippen LogP contribution is -2.51. The van der Waals surface area contributed by atoms with E-state index in [4.69, 9.17) is 14.7 Å². The van der Waals surface area contributed by atoms with Crippen molar-refractivity contribution in [2.75, 3.05) is 27.2 Å². The molecule has 0 saturated carbocycles. The molecule has 5 atom stereocenters. The van der Waals surface area contributed by atoms with Crippen molar-refractivity contribution >= 4 is 35.0 Å². The molecular formula is C43H52N10O6. The Morgan fingerprint density at radius 2 is 1.41 bits per heavy atom. The van der Waals surface area contributed by atoms with Crippen LogP contribution in [-0.4, -0.2) is 113 Å². The van der Waals surface area contributed by atoms with E-state index in [9.17, 15) is 24.3 Å². The number of carboxylic acid groups (broad SMARTS) is 1. The quantitative estimate of drug-likeness (QED) is 0.104. The maximum absolute atomic E-state index is 13.7. The summed E-state index contributed by atoms with van der Waals surface area (Å²) in [5, 5.41) is 12.3. The van der Waals surface area contributed by atoms with Gasteiger partial charge in [0.25, 0.3) is 0 Å². The van der Waals surface area contributed by atoms with Crippen molar-refractivity contribution in [3.63, 3.8) is 0 Å². The molecule has 2 aliphatic heterocycles. The van der Waals surface area contributed by atoms with Crippen molar-refractivity contribution in [2.24, 2.45) is 11.8 Å². The summed E-state index contributed by atoms with van der Waals surface area (Å²) in [5.41, 5.74) is 6.50. The van der Waals surface area contributed by atoms with E-state index in [0.29, 0.717) is 24.7 Å². The first kappa shape index (κ1) is 40.9. The molecule has 0 bridgehead atoms. The summed E-state index contributed by atoms with van der Waals surface area (Å²) >= 11 is 0. The number of benzene rings is 2. The van der Waals surface area contributed by atoms with E-state index in [-0.39, 0.29) is 35.7 Å². The average molecular weight is 805 g/mol. The van der Waals surface area contributed by atoms with Crippen LogP contribution >= 0.6 is 0 Å². The summed E-state index contributed by atoms with van der Waals surface area (Å²) in [4.78, 5) is 81.7. The van der Waals surface area contributed by atoms with Gasteiger partial charge in [-0.05, 0) is 55.2 Å². The van der Waals surface area contributed by atoms with Gasteiger partial charge in [-0.25, -0.2) is 24.5 Å². The van der Waals surface area contributed by atoms with E-state index in [2.05, 4.69) is 25.3 Å². The van der Waals surface area contributed by atoms with Gasteiger partial charge < -0.3 is 34.9 Å². The fraction of sp³-hybridized carbons (Fsp3) is 0.442. The molecule has 0 spiro atoms. The molecule has 5 aromatic rings. The molecule has 59 heavy (non-hydrogen) atoms. The number of rotatable bonds is 12. The van der Waals surface area contributed by atoms with Crippen molar-refractivity contribution in [2.45, 2.75) is 84.0 Å². The van der Waals surface area contributed by atoms with Crippen LogP contribution in [0.3, 0.4) is 0 Å². The van der Waals surface area contributed by atoms with E-state index < -0.39 is 24.3 Å². The first-order chi connectivity index (χ1) is 28.4. The van der Waals surface area contributed by atoms with Crippen LogP contribution in [0.2, 0.25) is 0 Å². The zero-order chi connectivity index (χ0) is 42.0. The minimum absolute atomic E-state index is 0.0695. The molecule has 5 heterocycles. The van der Waals surface area contributed by atoms with Gasteiger partial charge in [0.15, 0.2) is 0 Å². The number of carbonyl (C=O) groups excluding carboxylic acids is 3. The Morgan fingerprint density at radius 3 is 1.98 bits per heavy atom. The van der Waals surface area contributed by atoms with Gasteiger partial charge in [-0.1, -0.05) is 64.4 Å². The normalized spacial score (nSPS) is 18.2. The highest BCUT2D eigenvalue weighted by Gasteiger charge is 2.40. The number of nitrogens with one attached hydrogen (secondary N) is 3. The van der Waals surface area contributed by atoms with Crippen molar-refractivity contribution in [3.05, 3.63) is 72.7 Å². The highest BCUT2D eigenvalue weighted by atomic mass is 16.5. The number of hydrogen-bond acceptors (Lipinski definition) is 9.